The number of carbonyl (C=O) groups is 1. The van der Waals surface area contributed by atoms with E-state index in [0.717, 1.165) is 5.39 Å². The molecule has 2 aromatic rings. The van der Waals surface area contributed by atoms with Gasteiger partial charge in [0.1, 0.15) is 11.8 Å². The molecule has 0 aliphatic carbocycles. The first-order chi connectivity index (χ1) is 7.22. The summed E-state index contributed by atoms with van der Waals surface area (Å²) in [4.78, 5) is 14.6. The van der Waals surface area contributed by atoms with Crippen LogP contribution in [-0.2, 0) is 0 Å². The zero-order valence-corrected chi connectivity index (χ0v) is 7.64. The number of aromatic carboxylic acids is 1. The van der Waals surface area contributed by atoms with Gasteiger partial charge in [-0.15, -0.1) is 0 Å². The summed E-state index contributed by atoms with van der Waals surface area (Å²) < 4.78 is 0. The van der Waals surface area contributed by atoms with E-state index in [9.17, 15) is 4.79 Å². The summed E-state index contributed by atoms with van der Waals surface area (Å²) in [5, 5.41) is 19.0. The second kappa shape index (κ2) is 3.39. The summed E-state index contributed by atoms with van der Waals surface area (Å²) in [5.74, 6) is -1.01. The van der Waals surface area contributed by atoms with Crippen LogP contribution in [0.3, 0.4) is 0 Å². The molecule has 0 saturated heterocycles. The van der Waals surface area contributed by atoms with Crippen molar-refractivity contribution in [3.63, 3.8) is 0 Å². The average molecular weight is 198 g/mol. The van der Waals surface area contributed by atoms with Crippen LogP contribution in [-0.4, -0.2) is 16.1 Å². The van der Waals surface area contributed by atoms with E-state index < -0.39 is 5.97 Å². The van der Waals surface area contributed by atoms with Gasteiger partial charge in [-0.05, 0) is 23.6 Å². The first kappa shape index (κ1) is 9.16. The fraction of sp³-hybridized carbons (Fsp3) is 0. The van der Waals surface area contributed by atoms with Crippen molar-refractivity contribution in [1.29, 1.82) is 5.26 Å². The average Bonchev–Trinajstić information content (AvgIpc) is 2.27. The molecule has 0 aliphatic rings. The van der Waals surface area contributed by atoms with Gasteiger partial charge in [-0.1, -0.05) is 6.07 Å². The number of aromatic nitrogens is 1. The third-order valence-corrected chi connectivity index (χ3v) is 2.12. The third kappa shape index (κ3) is 1.51. The molecule has 4 heteroatoms. The first-order valence-electron chi connectivity index (χ1n) is 4.24. The number of nitrogens with zero attached hydrogens (tertiary/aromatic N) is 2. The van der Waals surface area contributed by atoms with Crippen LogP contribution in [0, 0.1) is 11.3 Å². The Morgan fingerprint density at radius 2 is 2.20 bits per heavy atom. The molecule has 0 radical (unpaired) electrons. The van der Waals surface area contributed by atoms with Crippen LogP contribution in [0.2, 0.25) is 0 Å². The van der Waals surface area contributed by atoms with Gasteiger partial charge in [-0.2, -0.15) is 5.26 Å². The second-order valence-corrected chi connectivity index (χ2v) is 3.01. The molecular formula is C11H6N2O2. The normalized spacial score (nSPS) is 9.80. The minimum absolute atomic E-state index is 0.159. The number of pyridine rings is 1. The topological polar surface area (TPSA) is 74.0 Å². The lowest BCUT2D eigenvalue weighted by atomic mass is 10.1. The molecule has 15 heavy (non-hydrogen) atoms. The molecule has 2 rings (SSSR count). The van der Waals surface area contributed by atoms with Gasteiger partial charge in [-0.25, -0.2) is 9.78 Å². The monoisotopic (exact) mass is 198 g/mol. The fourth-order valence-electron chi connectivity index (χ4n) is 1.39. The van der Waals surface area contributed by atoms with Crippen molar-refractivity contribution in [3.8, 4) is 6.07 Å². The maximum absolute atomic E-state index is 10.7. The van der Waals surface area contributed by atoms with Crippen LogP contribution in [0.1, 0.15) is 16.1 Å². The number of fused-ring (bicyclic) bond motifs is 1. The highest BCUT2D eigenvalue weighted by Crippen LogP contribution is 2.18. The lowest BCUT2D eigenvalue weighted by molar-refractivity contribution is 0.0697. The Labute approximate surface area is 85.4 Å². The molecule has 0 aliphatic heterocycles. The Kier molecular flexibility index (Phi) is 2.07. The Balaban J connectivity index is 2.80. The minimum Gasteiger partial charge on any atom is -0.478 e. The van der Waals surface area contributed by atoms with Crippen LogP contribution < -0.4 is 0 Å². The van der Waals surface area contributed by atoms with Gasteiger partial charge in [0.25, 0.3) is 0 Å². The third-order valence-electron chi connectivity index (χ3n) is 2.12. The molecule has 0 amide bonds. The van der Waals surface area contributed by atoms with Crippen molar-refractivity contribution < 1.29 is 9.90 Å². The van der Waals surface area contributed by atoms with E-state index in [1.54, 1.807) is 12.1 Å². The molecule has 4 nitrogen and oxygen atoms in total. The Morgan fingerprint density at radius 1 is 1.40 bits per heavy atom. The number of carboxylic acid groups (broad SMARTS) is 1. The SMILES string of the molecule is N#Cc1nccc2ccc(C(=O)O)cc12. The van der Waals surface area contributed by atoms with E-state index in [1.165, 1.54) is 18.3 Å². The lowest BCUT2D eigenvalue weighted by Crippen LogP contribution is -1.96. The number of benzene rings is 1. The number of carboxylic acids is 1. The van der Waals surface area contributed by atoms with Crippen LogP contribution in [0.4, 0.5) is 0 Å². The number of hydrogen-bond acceptors (Lipinski definition) is 3. The van der Waals surface area contributed by atoms with Crippen molar-refractivity contribution in [2.75, 3.05) is 0 Å². The Bertz CT molecular complexity index is 585. The van der Waals surface area contributed by atoms with E-state index in [4.69, 9.17) is 10.4 Å². The molecule has 1 heterocycles. The van der Waals surface area contributed by atoms with E-state index in [0.29, 0.717) is 5.39 Å². The predicted molar refractivity (Wildman–Crippen MR) is 53.4 cm³/mol. The van der Waals surface area contributed by atoms with Crippen LogP contribution in [0.15, 0.2) is 30.5 Å². The highest BCUT2D eigenvalue weighted by molar-refractivity contribution is 5.95. The summed E-state index contributed by atoms with van der Waals surface area (Å²) >= 11 is 0. The standard InChI is InChI=1S/C11H6N2O2/c12-6-10-9-5-8(11(14)15)2-1-7(9)3-4-13-10/h1-5H,(H,14,15). The molecule has 0 spiro atoms. The highest BCUT2D eigenvalue weighted by Gasteiger charge is 2.06. The number of hydrogen-bond donors (Lipinski definition) is 1. The zero-order valence-electron chi connectivity index (χ0n) is 7.64. The number of nitriles is 1. The summed E-state index contributed by atoms with van der Waals surface area (Å²) in [6.45, 7) is 0. The summed E-state index contributed by atoms with van der Waals surface area (Å²) in [5.41, 5.74) is 0.405. The van der Waals surface area contributed by atoms with E-state index in [-0.39, 0.29) is 11.3 Å². The van der Waals surface area contributed by atoms with Gasteiger partial charge < -0.3 is 5.11 Å². The van der Waals surface area contributed by atoms with Crippen molar-refractivity contribution in [1.82, 2.24) is 4.98 Å². The predicted octanol–water partition coefficient (Wildman–Crippen LogP) is 1.80. The van der Waals surface area contributed by atoms with Crippen molar-refractivity contribution in [3.05, 3.63) is 41.7 Å². The van der Waals surface area contributed by atoms with Crippen molar-refractivity contribution >= 4 is 16.7 Å². The minimum atomic E-state index is -1.01. The second-order valence-electron chi connectivity index (χ2n) is 3.01. The van der Waals surface area contributed by atoms with Gasteiger partial charge in [0, 0.05) is 11.6 Å². The van der Waals surface area contributed by atoms with Crippen LogP contribution in [0.5, 0.6) is 0 Å². The molecule has 1 N–H and O–H groups in total. The van der Waals surface area contributed by atoms with Gasteiger partial charge in [0.05, 0.1) is 5.56 Å². The van der Waals surface area contributed by atoms with Gasteiger partial charge in [0.2, 0.25) is 0 Å². The van der Waals surface area contributed by atoms with Crippen molar-refractivity contribution in [2.24, 2.45) is 0 Å². The van der Waals surface area contributed by atoms with Gasteiger partial charge in [-0.3, -0.25) is 0 Å². The smallest absolute Gasteiger partial charge is 0.335 e. The Hall–Kier alpha value is -2.41. The molecule has 0 bridgehead atoms. The zero-order chi connectivity index (χ0) is 10.8. The van der Waals surface area contributed by atoms with Crippen LogP contribution >= 0.6 is 0 Å². The van der Waals surface area contributed by atoms with Crippen LogP contribution in [0.25, 0.3) is 10.8 Å². The van der Waals surface area contributed by atoms with Crippen molar-refractivity contribution in [2.45, 2.75) is 0 Å². The molecule has 0 unspecified atom stereocenters. The summed E-state index contributed by atoms with van der Waals surface area (Å²) in [6, 6.07) is 8.31. The molecule has 72 valence electrons. The number of rotatable bonds is 1. The van der Waals surface area contributed by atoms with E-state index in [2.05, 4.69) is 4.98 Å². The maximum Gasteiger partial charge on any atom is 0.335 e. The largest absolute Gasteiger partial charge is 0.478 e. The summed E-state index contributed by atoms with van der Waals surface area (Å²) in [6.07, 6.45) is 1.53. The van der Waals surface area contributed by atoms with Gasteiger partial charge in [0.15, 0.2) is 0 Å². The molecule has 1 aromatic carbocycles. The molecule has 0 atom stereocenters. The van der Waals surface area contributed by atoms with E-state index in [1.807, 2.05) is 6.07 Å². The molecule has 1 aromatic heterocycles. The highest BCUT2D eigenvalue weighted by atomic mass is 16.4. The molecular weight excluding hydrogens is 192 g/mol. The fourth-order valence-corrected chi connectivity index (χ4v) is 1.39. The Morgan fingerprint density at radius 3 is 2.87 bits per heavy atom. The quantitative estimate of drug-likeness (QED) is 0.758. The lowest BCUT2D eigenvalue weighted by Gasteiger charge is -2.00. The first-order valence-corrected chi connectivity index (χ1v) is 4.24. The summed E-state index contributed by atoms with van der Waals surface area (Å²) in [7, 11) is 0. The van der Waals surface area contributed by atoms with E-state index >= 15 is 0 Å². The maximum atomic E-state index is 10.7. The van der Waals surface area contributed by atoms with Gasteiger partial charge >= 0.3 is 5.97 Å². The molecule has 0 fully saturated rings. The molecule has 0 saturated carbocycles.